The zero-order chi connectivity index (χ0) is 21.0. The summed E-state index contributed by atoms with van der Waals surface area (Å²) >= 11 is 0. The molecule has 0 unspecified atom stereocenters. The van der Waals surface area contributed by atoms with Crippen LogP contribution >= 0.6 is 0 Å². The van der Waals surface area contributed by atoms with Crippen molar-refractivity contribution in [3.05, 3.63) is 48.0 Å². The lowest BCUT2D eigenvalue weighted by Gasteiger charge is -2.21. The number of carbonyl (C=O) groups is 1. The van der Waals surface area contributed by atoms with Gasteiger partial charge in [0.15, 0.2) is 18.1 Å². The van der Waals surface area contributed by atoms with Gasteiger partial charge in [0.25, 0.3) is 5.91 Å². The van der Waals surface area contributed by atoms with Gasteiger partial charge < -0.3 is 19.5 Å². The summed E-state index contributed by atoms with van der Waals surface area (Å²) in [5.41, 5.74) is 1.41. The summed E-state index contributed by atoms with van der Waals surface area (Å²) in [5, 5.41) is 2.87. The third kappa shape index (κ3) is 5.32. The van der Waals surface area contributed by atoms with Crippen molar-refractivity contribution in [2.24, 2.45) is 0 Å². The molecule has 1 atom stereocenters. The predicted molar refractivity (Wildman–Crippen MR) is 109 cm³/mol. The second-order valence-corrected chi connectivity index (χ2v) is 8.72. The number of benzene rings is 2. The van der Waals surface area contributed by atoms with Crippen LogP contribution in [0.3, 0.4) is 0 Å². The molecule has 1 amide bonds. The van der Waals surface area contributed by atoms with Crippen molar-refractivity contribution in [1.29, 1.82) is 0 Å². The van der Waals surface area contributed by atoms with Crippen molar-refractivity contribution in [2.75, 3.05) is 37.4 Å². The molecule has 1 N–H and O–H groups in total. The standard InChI is InChI=1S/C20H24N2O6S/c1-14(15-4-9-18-19(12-15)27-11-10-26-18)21-20(23)13-28-17-7-5-16(6-8-17)22(2)29(3,24)25/h4-9,12,14H,10-11,13H2,1-3H3,(H,21,23)/t14-/m1/s1. The third-order valence-electron chi connectivity index (χ3n) is 4.51. The Kier molecular flexibility index (Phi) is 6.17. The van der Waals surface area contributed by atoms with E-state index in [4.69, 9.17) is 14.2 Å². The zero-order valence-corrected chi connectivity index (χ0v) is 17.4. The molecule has 9 heteroatoms. The summed E-state index contributed by atoms with van der Waals surface area (Å²) in [4.78, 5) is 12.2. The van der Waals surface area contributed by atoms with E-state index in [2.05, 4.69) is 5.32 Å². The highest BCUT2D eigenvalue weighted by Crippen LogP contribution is 2.32. The van der Waals surface area contributed by atoms with Crippen molar-refractivity contribution in [2.45, 2.75) is 13.0 Å². The first-order valence-electron chi connectivity index (χ1n) is 9.10. The maximum atomic E-state index is 12.2. The lowest BCUT2D eigenvalue weighted by molar-refractivity contribution is -0.123. The second kappa shape index (κ2) is 8.60. The van der Waals surface area contributed by atoms with Gasteiger partial charge in [-0.05, 0) is 48.9 Å². The fraction of sp³-hybridized carbons (Fsp3) is 0.350. The Balaban J connectivity index is 1.53. The molecule has 0 radical (unpaired) electrons. The Morgan fingerprint density at radius 3 is 2.45 bits per heavy atom. The van der Waals surface area contributed by atoms with Gasteiger partial charge in [-0.1, -0.05) is 6.07 Å². The third-order valence-corrected chi connectivity index (χ3v) is 5.72. The summed E-state index contributed by atoms with van der Waals surface area (Å²) in [6.45, 7) is 2.75. The average Bonchev–Trinajstić information content (AvgIpc) is 2.71. The molecule has 29 heavy (non-hydrogen) atoms. The Labute approximate surface area is 170 Å². The molecule has 1 aliphatic heterocycles. The first-order chi connectivity index (χ1) is 13.7. The van der Waals surface area contributed by atoms with Gasteiger partial charge >= 0.3 is 0 Å². The quantitative estimate of drug-likeness (QED) is 0.737. The Morgan fingerprint density at radius 1 is 1.14 bits per heavy atom. The largest absolute Gasteiger partial charge is 0.486 e. The number of nitrogens with zero attached hydrogens (tertiary/aromatic N) is 1. The first kappa shape index (κ1) is 20.8. The van der Waals surface area contributed by atoms with Crippen LogP contribution in [0.2, 0.25) is 0 Å². The molecule has 0 saturated heterocycles. The van der Waals surface area contributed by atoms with E-state index in [-0.39, 0.29) is 18.6 Å². The highest BCUT2D eigenvalue weighted by atomic mass is 32.2. The van der Waals surface area contributed by atoms with E-state index in [0.717, 1.165) is 11.8 Å². The molecule has 2 aromatic rings. The van der Waals surface area contributed by atoms with Gasteiger partial charge in [-0.25, -0.2) is 8.42 Å². The van der Waals surface area contributed by atoms with E-state index in [9.17, 15) is 13.2 Å². The second-order valence-electron chi connectivity index (χ2n) is 6.71. The number of hydrogen-bond acceptors (Lipinski definition) is 6. The first-order valence-corrected chi connectivity index (χ1v) is 10.9. The molecule has 1 heterocycles. The van der Waals surface area contributed by atoms with Gasteiger partial charge in [-0.15, -0.1) is 0 Å². The Morgan fingerprint density at radius 2 is 1.79 bits per heavy atom. The Hall–Kier alpha value is -2.94. The van der Waals surface area contributed by atoms with E-state index >= 15 is 0 Å². The molecule has 0 fully saturated rings. The number of rotatable bonds is 7. The minimum absolute atomic E-state index is 0.157. The summed E-state index contributed by atoms with van der Waals surface area (Å²) in [6.07, 6.45) is 1.13. The molecule has 0 spiro atoms. The van der Waals surface area contributed by atoms with Crippen LogP contribution in [-0.2, 0) is 14.8 Å². The van der Waals surface area contributed by atoms with Crippen LogP contribution in [0, 0.1) is 0 Å². The number of sulfonamides is 1. The lowest BCUT2D eigenvalue weighted by Crippen LogP contribution is -2.31. The molecule has 0 bridgehead atoms. The molecule has 2 aromatic carbocycles. The number of amides is 1. The normalized spacial score (nSPS) is 14.0. The van der Waals surface area contributed by atoms with Crippen LogP contribution in [-0.4, -0.2) is 47.4 Å². The highest BCUT2D eigenvalue weighted by molar-refractivity contribution is 7.92. The van der Waals surface area contributed by atoms with Crippen LogP contribution in [0.15, 0.2) is 42.5 Å². The summed E-state index contributed by atoms with van der Waals surface area (Å²) in [5.74, 6) is 1.57. The van der Waals surface area contributed by atoms with Gasteiger partial charge in [0.05, 0.1) is 18.0 Å². The van der Waals surface area contributed by atoms with Crippen molar-refractivity contribution in [3.63, 3.8) is 0 Å². The maximum Gasteiger partial charge on any atom is 0.258 e. The number of carbonyl (C=O) groups excluding carboxylic acids is 1. The molecule has 8 nitrogen and oxygen atoms in total. The highest BCUT2D eigenvalue weighted by Gasteiger charge is 2.16. The van der Waals surface area contributed by atoms with Crippen molar-refractivity contribution in [3.8, 4) is 17.2 Å². The zero-order valence-electron chi connectivity index (χ0n) is 16.5. The topological polar surface area (TPSA) is 94.2 Å². The van der Waals surface area contributed by atoms with E-state index < -0.39 is 10.0 Å². The summed E-state index contributed by atoms with van der Waals surface area (Å²) in [7, 11) is -1.86. The van der Waals surface area contributed by atoms with Crippen molar-refractivity contribution >= 4 is 21.6 Å². The minimum atomic E-state index is -3.33. The average molecular weight is 420 g/mol. The molecular weight excluding hydrogens is 396 g/mol. The van der Waals surface area contributed by atoms with Gasteiger partial charge in [-0.3, -0.25) is 9.10 Å². The van der Waals surface area contributed by atoms with E-state index in [1.807, 2.05) is 25.1 Å². The number of hydrogen-bond donors (Lipinski definition) is 1. The number of ether oxygens (including phenoxy) is 3. The van der Waals surface area contributed by atoms with Gasteiger partial charge in [0.1, 0.15) is 19.0 Å². The van der Waals surface area contributed by atoms with Crippen LogP contribution in [0.1, 0.15) is 18.5 Å². The number of fused-ring (bicyclic) bond motifs is 1. The molecule has 0 saturated carbocycles. The molecule has 1 aliphatic rings. The fourth-order valence-electron chi connectivity index (χ4n) is 2.79. The SMILES string of the molecule is C[C@@H](NC(=O)COc1ccc(N(C)S(C)(=O)=O)cc1)c1ccc2c(c1)OCCO2. The van der Waals surface area contributed by atoms with Gasteiger partial charge in [0.2, 0.25) is 10.0 Å². The van der Waals surface area contributed by atoms with Crippen LogP contribution in [0.25, 0.3) is 0 Å². The smallest absolute Gasteiger partial charge is 0.258 e. The monoisotopic (exact) mass is 420 g/mol. The van der Waals surface area contributed by atoms with Crippen LogP contribution < -0.4 is 23.8 Å². The van der Waals surface area contributed by atoms with Gasteiger partial charge in [-0.2, -0.15) is 0 Å². The Bertz CT molecular complexity index is 975. The number of nitrogens with one attached hydrogen (secondary N) is 1. The summed E-state index contributed by atoms with van der Waals surface area (Å²) in [6, 6.07) is 11.8. The molecule has 0 aliphatic carbocycles. The minimum Gasteiger partial charge on any atom is -0.486 e. The van der Waals surface area contributed by atoms with Crippen molar-refractivity contribution < 1.29 is 27.4 Å². The molecule has 0 aromatic heterocycles. The van der Waals surface area contributed by atoms with Crippen LogP contribution in [0.5, 0.6) is 17.2 Å². The van der Waals surface area contributed by atoms with E-state index in [0.29, 0.717) is 36.1 Å². The molecule has 156 valence electrons. The fourth-order valence-corrected chi connectivity index (χ4v) is 3.29. The lowest BCUT2D eigenvalue weighted by atomic mass is 10.1. The van der Waals surface area contributed by atoms with Crippen molar-refractivity contribution in [1.82, 2.24) is 5.32 Å². The van der Waals surface area contributed by atoms with E-state index in [1.54, 1.807) is 24.3 Å². The van der Waals surface area contributed by atoms with Gasteiger partial charge in [0, 0.05) is 7.05 Å². The summed E-state index contributed by atoms with van der Waals surface area (Å²) < 4.78 is 40.8. The predicted octanol–water partition coefficient (Wildman–Crippen LogP) is 2.11. The van der Waals surface area contributed by atoms with Crippen LogP contribution in [0.4, 0.5) is 5.69 Å². The number of anilines is 1. The van der Waals surface area contributed by atoms with E-state index in [1.165, 1.54) is 11.4 Å². The molecular formula is C20H24N2O6S. The molecule has 3 rings (SSSR count). The maximum absolute atomic E-state index is 12.2.